The first kappa shape index (κ1) is 21.1. The summed E-state index contributed by atoms with van der Waals surface area (Å²) in [5, 5.41) is 3.10. The van der Waals surface area contributed by atoms with Crippen LogP contribution in [0.25, 0.3) is 0 Å². The molecule has 0 fully saturated rings. The van der Waals surface area contributed by atoms with E-state index in [2.05, 4.69) is 11.9 Å². The van der Waals surface area contributed by atoms with Crippen LogP contribution in [-0.2, 0) is 14.8 Å². The monoisotopic (exact) mass is 428 g/mol. The Hall–Kier alpha value is -2.22. The molecule has 0 atom stereocenters. The minimum atomic E-state index is -3.77. The van der Waals surface area contributed by atoms with Crippen molar-refractivity contribution in [2.75, 3.05) is 29.0 Å². The van der Waals surface area contributed by atoms with E-state index < -0.39 is 22.5 Å². The Balaban J connectivity index is 2.20. The van der Waals surface area contributed by atoms with Crippen LogP contribution in [0.5, 0.6) is 5.75 Å². The zero-order valence-electron chi connectivity index (χ0n) is 14.5. The highest BCUT2D eigenvalue weighted by Crippen LogP contribution is 2.30. The van der Waals surface area contributed by atoms with Crippen molar-refractivity contribution < 1.29 is 17.9 Å². The molecule has 0 aromatic heterocycles. The lowest BCUT2D eigenvalue weighted by molar-refractivity contribution is -0.114. The predicted molar refractivity (Wildman–Crippen MR) is 109 cm³/mol. The van der Waals surface area contributed by atoms with Gasteiger partial charge in [0.25, 0.3) is 0 Å². The smallest absolute Gasteiger partial charge is 0.245 e. The lowest BCUT2D eigenvalue weighted by atomic mass is 10.3. The van der Waals surface area contributed by atoms with Crippen LogP contribution in [0, 0.1) is 0 Å². The fourth-order valence-corrected chi connectivity index (χ4v) is 3.50. The number of carbonyl (C=O) groups is 1. The number of sulfonamides is 1. The molecule has 144 valence electrons. The predicted octanol–water partition coefficient (Wildman–Crippen LogP) is 3.96. The minimum Gasteiger partial charge on any atom is -0.489 e. The highest BCUT2D eigenvalue weighted by atomic mass is 35.5. The molecule has 0 saturated heterocycles. The molecule has 0 aliphatic rings. The van der Waals surface area contributed by atoms with Crippen molar-refractivity contribution in [1.29, 1.82) is 0 Å². The molecule has 1 N–H and O–H groups in total. The highest BCUT2D eigenvalue weighted by molar-refractivity contribution is 7.92. The summed E-state index contributed by atoms with van der Waals surface area (Å²) >= 11 is 12.0. The Morgan fingerprint density at radius 1 is 1.26 bits per heavy atom. The summed E-state index contributed by atoms with van der Waals surface area (Å²) in [6.45, 7) is 3.43. The third-order valence-electron chi connectivity index (χ3n) is 3.35. The SMILES string of the molecule is C=CCOc1cccc(NC(=O)CN(c2cc(Cl)ccc2Cl)S(C)(=O)=O)c1. The maximum atomic E-state index is 12.4. The number of halogens is 2. The van der Waals surface area contributed by atoms with Crippen LogP contribution in [0.2, 0.25) is 10.0 Å². The maximum Gasteiger partial charge on any atom is 0.245 e. The second-order valence-electron chi connectivity index (χ2n) is 5.54. The number of nitrogens with one attached hydrogen (secondary N) is 1. The molecule has 1 amide bonds. The van der Waals surface area contributed by atoms with E-state index in [9.17, 15) is 13.2 Å². The minimum absolute atomic E-state index is 0.130. The summed E-state index contributed by atoms with van der Waals surface area (Å²) < 4.78 is 30.6. The first-order chi connectivity index (χ1) is 12.7. The van der Waals surface area contributed by atoms with Crippen molar-refractivity contribution >= 4 is 50.5 Å². The molecule has 2 rings (SSSR count). The van der Waals surface area contributed by atoms with Crippen LogP contribution in [-0.4, -0.2) is 33.7 Å². The van der Waals surface area contributed by atoms with Crippen molar-refractivity contribution in [3.05, 3.63) is 65.2 Å². The van der Waals surface area contributed by atoms with Crippen molar-refractivity contribution in [3.8, 4) is 5.75 Å². The first-order valence-corrected chi connectivity index (χ1v) is 10.4. The van der Waals surface area contributed by atoms with Crippen LogP contribution >= 0.6 is 23.2 Å². The molecule has 0 radical (unpaired) electrons. The van der Waals surface area contributed by atoms with Gasteiger partial charge in [0.1, 0.15) is 18.9 Å². The maximum absolute atomic E-state index is 12.4. The number of nitrogens with zero attached hydrogens (tertiary/aromatic N) is 1. The molecule has 0 bridgehead atoms. The van der Waals surface area contributed by atoms with E-state index in [1.165, 1.54) is 18.2 Å². The Kier molecular flexibility index (Phi) is 7.12. The highest BCUT2D eigenvalue weighted by Gasteiger charge is 2.23. The van der Waals surface area contributed by atoms with Gasteiger partial charge in [0.15, 0.2) is 0 Å². The van der Waals surface area contributed by atoms with Gasteiger partial charge >= 0.3 is 0 Å². The van der Waals surface area contributed by atoms with E-state index in [-0.39, 0.29) is 10.7 Å². The summed E-state index contributed by atoms with van der Waals surface area (Å²) in [4.78, 5) is 12.4. The average Bonchev–Trinajstić information content (AvgIpc) is 2.59. The fourth-order valence-electron chi connectivity index (χ4n) is 2.21. The van der Waals surface area contributed by atoms with Crippen LogP contribution in [0.1, 0.15) is 0 Å². The zero-order valence-corrected chi connectivity index (χ0v) is 16.8. The van der Waals surface area contributed by atoms with Gasteiger partial charge in [-0.15, -0.1) is 0 Å². The Labute approximate surface area is 168 Å². The van der Waals surface area contributed by atoms with Gasteiger partial charge in [0, 0.05) is 16.8 Å². The number of amides is 1. The number of hydrogen-bond donors (Lipinski definition) is 1. The number of hydrogen-bond acceptors (Lipinski definition) is 4. The van der Waals surface area contributed by atoms with Gasteiger partial charge in [-0.05, 0) is 30.3 Å². The largest absolute Gasteiger partial charge is 0.489 e. The summed E-state index contributed by atoms with van der Waals surface area (Å²) in [5.41, 5.74) is 0.595. The average molecular weight is 429 g/mol. The summed E-state index contributed by atoms with van der Waals surface area (Å²) in [5.74, 6) is 0.00268. The van der Waals surface area contributed by atoms with E-state index in [1.54, 1.807) is 30.3 Å². The van der Waals surface area contributed by atoms with Gasteiger partial charge in [0.2, 0.25) is 15.9 Å². The number of anilines is 2. The molecule has 0 heterocycles. The van der Waals surface area contributed by atoms with E-state index in [0.29, 0.717) is 23.1 Å². The van der Waals surface area contributed by atoms with Gasteiger partial charge in [-0.3, -0.25) is 9.10 Å². The van der Waals surface area contributed by atoms with Crippen molar-refractivity contribution in [1.82, 2.24) is 0 Å². The summed E-state index contributed by atoms with van der Waals surface area (Å²) in [6, 6.07) is 11.1. The third-order valence-corrected chi connectivity index (χ3v) is 5.03. The molecular weight excluding hydrogens is 411 g/mol. The van der Waals surface area contributed by atoms with E-state index in [4.69, 9.17) is 27.9 Å². The normalized spacial score (nSPS) is 10.9. The molecule has 0 aliphatic carbocycles. The molecular formula is C18H18Cl2N2O4S. The molecule has 0 unspecified atom stereocenters. The van der Waals surface area contributed by atoms with Crippen LogP contribution in [0.15, 0.2) is 55.1 Å². The number of benzene rings is 2. The number of rotatable bonds is 8. The van der Waals surface area contributed by atoms with Gasteiger partial charge in [-0.25, -0.2) is 8.42 Å². The van der Waals surface area contributed by atoms with E-state index >= 15 is 0 Å². The Bertz CT molecular complexity index is 948. The van der Waals surface area contributed by atoms with E-state index in [0.717, 1.165) is 10.6 Å². The topological polar surface area (TPSA) is 75.7 Å². The molecule has 27 heavy (non-hydrogen) atoms. The fraction of sp³-hybridized carbons (Fsp3) is 0.167. The van der Waals surface area contributed by atoms with Crippen molar-refractivity contribution in [2.45, 2.75) is 0 Å². The Morgan fingerprint density at radius 3 is 2.67 bits per heavy atom. The number of ether oxygens (including phenoxy) is 1. The molecule has 9 heteroatoms. The first-order valence-electron chi connectivity index (χ1n) is 7.77. The molecule has 0 saturated carbocycles. The van der Waals surface area contributed by atoms with Gasteiger partial charge < -0.3 is 10.1 Å². The lowest BCUT2D eigenvalue weighted by Gasteiger charge is -2.23. The molecule has 6 nitrogen and oxygen atoms in total. The quantitative estimate of drug-likeness (QED) is 0.645. The van der Waals surface area contributed by atoms with E-state index in [1.807, 2.05) is 0 Å². The second kappa shape index (κ2) is 9.12. The lowest BCUT2D eigenvalue weighted by Crippen LogP contribution is -2.37. The van der Waals surface area contributed by atoms with Gasteiger partial charge in [-0.1, -0.05) is 41.9 Å². The third kappa shape index (κ3) is 6.16. The van der Waals surface area contributed by atoms with Crippen LogP contribution in [0.4, 0.5) is 11.4 Å². The summed E-state index contributed by atoms with van der Waals surface area (Å²) in [7, 11) is -3.77. The molecule has 0 spiro atoms. The standard InChI is InChI=1S/C18H18Cl2N2O4S/c1-3-9-26-15-6-4-5-14(11-15)21-18(23)12-22(27(2,24)25)17-10-13(19)7-8-16(17)20/h3-8,10-11H,1,9,12H2,2H3,(H,21,23). The summed E-state index contributed by atoms with van der Waals surface area (Å²) in [6.07, 6.45) is 2.59. The van der Waals surface area contributed by atoms with Crippen LogP contribution < -0.4 is 14.4 Å². The second-order valence-corrected chi connectivity index (χ2v) is 8.29. The van der Waals surface area contributed by atoms with Gasteiger partial charge in [0.05, 0.1) is 17.0 Å². The molecule has 0 aliphatic heterocycles. The molecule has 2 aromatic rings. The molecule has 2 aromatic carbocycles. The zero-order chi connectivity index (χ0) is 20.0. The van der Waals surface area contributed by atoms with Crippen molar-refractivity contribution in [3.63, 3.8) is 0 Å². The van der Waals surface area contributed by atoms with Crippen molar-refractivity contribution in [2.24, 2.45) is 0 Å². The van der Waals surface area contributed by atoms with Gasteiger partial charge in [-0.2, -0.15) is 0 Å². The Morgan fingerprint density at radius 2 is 2.00 bits per heavy atom. The number of carbonyl (C=O) groups excluding carboxylic acids is 1. The van der Waals surface area contributed by atoms with Crippen LogP contribution in [0.3, 0.4) is 0 Å².